The first-order chi connectivity index (χ1) is 7.81. The number of aromatic amines is 1. The average molecular weight is 237 g/mol. The van der Waals surface area contributed by atoms with Crippen LogP contribution in [-0.4, -0.2) is 28.5 Å². The van der Waals surface area contributed by atoms with Gasteiger partial charge in [-0.15, -0.1) is 0 Å². The molecule has 0 unspecified atom stereocenters. The summed E-state index contributed by atoms with van der Waals surface area (Å²) in [6, 6.07) is 3.80. The molecule has 0 aliphatic rings. The van der Waals surface area contributed by atoms with E-state index >= 15 is 0 Å². The minimum Gasteiger partial charge on any atom is -0.341 e. The first kappa shape index (κ1) is 11.1. The monoisotopic (exact) mass is 236 g/mol. The van der Waals surface area contributed by atoms with Gasteiger partial charge in [-0.3, -0.25) is 4.98 Å². The minimum atomic E-state index is 0.544. The summed E-state index contributed by atoms with van der Waals surface area (Å²) in [6.07, 6.45) is 4.31. The van der Waals surface area contributed by atoms with Gasteiger partial charge in [0.1, 0.15) is 5.82 Å². The second-order valence-electron chi connectivity index (χ2n) is 3.44. The molecule has 2 aromatic rings. The lowest BCUT2D eigenvalue weighted by atomic mass is 10.2. The highest BCUT2D eigenvalue weighted by Gasteiger charge is 2.08. The highest BCUT2D eigenvalue weighted by molar-refractivity contribution is 6.30. The summed E-state index contributed by atoms with van der Waals surface area (Å²) in [4.78, 5) is 11.5. The van der Waals surface area contributed by atoms with Crippen LogP contribution in [0.2, 0.25) is 5.15 Å². The molecule has 2 rings (SSSR count). The van der Waals surface area contributed by atoms with Crippen molar-refractivity contribution in [3.05, 3.63) is 35.4 Å². The van der Waals surface area contributed by atoms with Crippen LogP contribution in [0.4, 0.5) is 0 Å². The Morgan fingerprint density at radius 3 is 2.81 bits per heavy atom. The zero-order valence-electron chi connectivity index (χ0n) is 9.00. The number of hydrogen-bond donors (Lipinski definition) is 2. The lowest BCUT2D eigenvalue weighted by Crippen LogP contribution is -2.10. The third-order valence-electron chi connectivity index (χ3n) is 2.31. The van der Waals surface area contributed by atoms with Crippen molar-refractivity contribution in [1.29, 1.82) is 0 Å². The van der Waals surface area contributed by atoms with Crippen molar-refractivity contribution in [2.24, 2.45) is 0 Å². The second kappa shape index (κ2) is 5.09. The fraction of sp³-hybridized carbons (Fsp3) is 0.273. The molecule has 4 nitrogen and oxygen atoms in total. The zero-order valence-corrected chi connectivity index (χ0v) is 9.75. The van der Waals surface area contributed by atoms with Crippen molar-refractivity contribution >= 4 is 11.6 Å². The van der Waals surface area contributed by atoms with Gasteiger partial charge in [-0.25, -0.2) is 4.98 Å². The Morgan fingerprint density at radius 1 is 1.38 bits per heavy atom. The third kappa shape index (κ3) is 2.40. The molecule has 0 saturated heterocycles. The van der Waals surface area contributed by atoms with E-state index < -0.39 is 0 Å². The van der Waals surface area contributed by atoms with Crippen molar-refractivity contribution < 1.29 is 0 Å². The Balaban J connectivity index is 2.24. The van der Waals surface area contributed by atoms with E-state index in [2.05, 4.69) is 20.3 Å². The van der Waals surface area contributed by atoms with Crippen LogP contribution in [0.5, 0.6) is 0 Å². The van der Waals surface area contributed by atoms with Crippen molar-refractivity contribution in [1.82, 2.24) is 20.3 Å². The molecule has 0 atom stereocenters. The molecule has 0 spiro atoms. The van der Waals surface area contributed by atoms with Crippen molar-refractivity contribution in [3.8, 4) is 11.4 Å². The summed E-state index contributed by atoms with van der Waals surface area (Å²) < 4.78 is 0. The topological polar surface area (TPSA) is 53.6 Å². The van der Waals surface area contributed by atoms with E-state index in [4.69, 9.17) is 11.6 Å². The number of nitrogens with one attached hydrogen (secondary N) is 2. The van der Waals surface area contributed by atoms with Crippen LogP contribution in [0.15, 0.2) is 24.5 Å². The van der Waals surface area contributed by atoms with Crippen LogP contribution in [0.1, 0.15) is 5.69 Å². The molecular weight excluding hydrogens is 224 g/mol. The van der Waals surface area contributed by atoms with Gasteiger partial charge < -0.3 is 10.3 Å². The standard InChI is InChI=1S/C11H13ClN4/c1-13-5-4-9-10(12)16-11(15-9)8-2-6-14-7-3-8/h2-3,6-7,13H,4-5H2,1H3,(H,15,16). The number of aromatic nitrogens is 3. The summed E-state index contributed by atoms with van der Waals surface area (Å²) in [5, 5.41) is 3.62. The van der Waals surface area contributed by atoms with Gasteiger partial charge in [0, 0.05) is 30.9 Å². The van der Waals surface area contributed by atoms with E-state index in [1.165, 1.54) is 0 Å². The molecule has 0 amide bonds. The van der Waals surface area contributed by atoms with Gasteiger partial charge >= 0.3 is 0 Å². The number of pyridine rings is 1. The Hall–Kier alpha value is -1.39. The van der Waals surface area contributed by atoms with Crippen LogP contribution in [0.3, 0.4) is 0 Å². The Labute approximate surface area is 99.1 Å². The molecule has 2 aromatic heterocycles. The molecular formula is C11H13ClN4. The van der Waals surface area contributed by atoms with Crippen LogP contribution < -0.4 is 5.32 Å². The number of likely N-dealkylation sites (N-methyl/N-ethyl adjacent to an activating group) is 1. The summed E-state index contributed by atoms with van der Waals surface area (Å²) >= 11 is 6.04. The van der Waals surface area contributed by atoms with Gasteiger partial charge in [-0.05, 0) is 19.2 Å². The van der Waals surface area contributed by atoms with Gasteiger partial charge in [-0.2, -0.15) is 0 Å². The Morgan fingerprint density at radius 2 is 2.12 bits per heavy atom. The van der Waals surface area contributed by atoms with E-state index in [-0.39, 0.29) is 0 Å². The Bertz CT molecular complexity index is 452. The van der Waals surface area contributed by atoms with Gasteiger partial charge in [0.25, 0.3) is 0 Å². The smallest absolute Gasteiger partial charge is 0.150 e. The molecule has 0 aliphatic heterocycles. The number of imidazole rings is 1. The summed E-state index contributed by atoms with van der Waals surface area (Å²) in [5.74, 6) is 0.790. The molecule has 0 bridgehead atoms. The van der Waals surface area contributed by atoms with E-state index in [0.717, 1.165) is 30.0 Å². The fourth-order valence-electron chi connectivity index (χ4n) is 1.45. The molecule has 0 radical (unpaired) electrons. The molecule has 0 aromatic carbocycles. The number of H-pyrrole nitrogens is 1. The molecule has 84 valence electrons. The third-order valence-corrected chi connectivity index (χ3v) is 2.62. The lowest BCUT2D eigenvalue weighted by molar-refractivity contribution is 0.780. The molecule has 16 heavy (non-hydrogen) atoms. The van der Waals surface area contributed by atoms with Crippen LogP contribution >= 0.6 is 11.6 Å². The largest absolute Gasteiger partial charge is 0.341 e. The van der Waals surface area contributed by atoms with Crippen molar-refractivity contribution in [2.45, 2.75) is 6.42 Å². The fourth-order valence-corrected chi connectivity index (χ4v) is 1.68. The average Bonchev–Trinajstić information content (AvgIpc) is 2.69. The zero-order chi connectivity index (χ0) is 11.4. The number of rotatable bonds is 4. The SMILES string of the molecule is CNCCc1[nH]c(-c2ccncc2)nc1Cl. The molecule has 0 fully saturated rings. The molecule has 2 N–H and O–H groups in total. The maximum atomic E-state index is 6.04. The van der Waals surface area contributed by atoms with Crippen molar-refractivity contribution in [2.75, 3.05) is 13.6 Å². The molecule has 2 heterocycles. The number of hydrogen-bond acceptors (Lipinski definition) is 3. The van der Waals surface area contributed by atoms with E-state index in [1.54, 1.807) is 12.4 Å². The maximum absolute atomic E-state index is 6.04. The lowest BCUT2D eigenvalue weighted by Gasteiger charge is -1.97. The predicted molar refractivity (Wildman–Crippen MR) is 64.5 cm³/mol. The second-order valence-corrected chi connectivity index (χ2v) is 3.80. The first-order valence-electron chi connectivity index (χ1n) is 5.10. The highest BCUT2D eigenvalue weighted by atomic mass is 35.5. The van der Waals surface area contributed by atoms with Crippen LogP contribution in [0, 0.1) is 0 Å². The summed E-state index contributed by atoms with van der Waals surface area (Å²) in [6.45, 7) is 0.873. The molecule has 0 saturated carbocycles. The number of nitrogens with zero attached hydrogens (tertiary/aromatic N) is 2. The van der Waals surface area contributed by atoms with E-state index in [9.17, 15) is 0 Å². The molecule has 0 aliphatic carbocycles. The predicted octanol–water partition coefficient (Wildman–Crippen LogP) is 1.89. The van der Waals surface area contributed by atoms with Crippen LogP contribution in [-0.2, 0) is 6.42 Å². The maximum Gasteiger partial charge on any atom is 0.150 e. The van der Waals surface area contributed by atoms with Crippen LogP contribution in [0.25, 0.3) is 11.4 Å². The van der Waals surface area contributed by atoms with E-state index in [1.807, 2.05) is 19.2 Å². The van der Waals surface area contributed by atoms with Crippen molar-refractivity contribution in [3.63, 3.8) is 0 Å². The highest BCUT2D eigenvalue weighted by Crippen LogP contribution is 2.20. The van der Waals surface area contributed by atoms with Gasteiger partial charge in [-0.1, -0.05) is 11.6 Å². The molecule has 5 heteroatoms. The summed E-state index contributed by atoms with van der Waals surface area (Å²) in [5.41, 5.74) is 1.95. The van der Waals surface area contributed by atoms with Gasteiger partial charge in [0.15, 0.2) is 5.15 Å². The normalized spacial score (nSPS) is 10.6. The number of halogens is 1. The summed E-state index contributed by atoms with van der Waals surface area (Å²) in [7, 11) is 1.91. The Kier molecular flexibility index (Phi) is 3.54. The quantitative estimate of drug-likeness (QED) is 0.853. The van der Waals surface area contributed by atoms with E-state index in [0.29, 0.717) is 5.15 Å². The van der Waals surface area contributed by atoms with Gasteiger partial charge in [0.05, 0.1) is 5.69 Å². The minimum absolute atomic E-state index is 0.544. The first-order valence-corrected chi connectivity index (χ1v) is 5.48. The van der Waals surface area contributed by atoms with Gasteiger partial charge in [0.2, 0.25) is 0 Å².